The highest BCUT2D eigenvalue weighted by Gasteiger charge is 2.14. The Morgan fingerprint density at radius 3 is 1.31 bits per heavy atom. The fraction of sp³-hybridized carbons (Fsp3) is 0.895. The lowest BCUT2D eigenvalue weighted by molar-refractivity contribution is -0.150. The number of hydrogen-bond donors (Lipinski definition) is 1. The van der Waals surface area contributed by atoms with Crippen LogP contribution in [0.15, 0.2) is 12.2 Å². The van der Waals surface area contributed by atoms with Crippen molar-refractivity contribution in [2.24, 2.45) is 0 Å². The topological polar surface area (TPSA) is 63.6 Å². The van der Waals surface area contributed by atoms with E-state index in [-0.39, 0.29) is 18.5 Å². The number of allylic oxidation sites excluding steroid dienone is 2. The molecule has 0 saturated heterocycles. The van der Waals surface area contributed by atoms with Crippen molar-refractivity contribution in [2.45, 2.75) is 219 Å². The van der Waals surface area contributed by atoms with Crippen LogP contribution in [0.1, 0.15) is 213 Å². The van der Waals surface area contributed by atoms with Crippen molar-refractivity contribution in [2.75, 3.05) is 0 Å². The summed E-state index contributed by atoms with van der Waals surface area (Å²) in [7, 11) is 0. The third kappa shape index (κ3) is 33.2. The molecule has 0 heterocycles. The van der Waals surface area contributed by atoms with Gasteiger partial charge in [-0.15, -0.1) is 0 Å². The van der Waals surface area contributed by atoms with Gasteiger partial charge in [-0.05, 0) is 64.2 Å². The molecule has 0 radical (unpaired) electrons. The van der Waals surface area contributed by atoms with Crippen LogP contribution in [0.2, 0.25) is 0 Å². The van der Waals surface area contributed by atoms with Gasteiger partial charge in [-0.2, -0.15) is 0 Å². The SMILES string of the molecule is CCCCCCCC/C=C\CCCCCCCCCCCC(=O)OC(CCCCCCCCC)CCCCCC(=O)O. The monoisotopic (exact) mass is 593 g/mol. The van der Waals surface area contributed by atoms with E-state index in [1.54, 1.807) is 0 Å². The lowest BCUT2D eigenvalue weighted by Crippen LogP contribution is -2.18. The minimum Gasteiger partial charge on any atom is -0.481 e. The summed E-state index contributed by atoms with van der Waals surface area (Å²) >= 11 is 0. The zero-order valence-corrected chi connectivity index (χ0v) is 28.3. The largest absolute Gasteiger partial charge is 0.481 e. The van der Waals surface area contributed by atoms with Crippen LogP contribution < -0.4 is 0 Å². The summed E-state index contributed by atoms with van der Waals surface area (Å²) in [4.78, 5) is 23.3. The van der Waals surface area contributed by atoms with Crippen molar-refractivity contribution in [1.29, 1.82) is 0 Å². The van der Waals surface area contributed by atoms with Gasteiger partial charge in [0.05, 0.1) is 0 Å². The van der Waals surface area contributed by atoms with Crippen molar-refractivity contribution in [3.8, 4) is 0 Å². The van der Waals surface area contributed by atoms with Crippen LogP contribution in [0.3, 0.4) is 0 Å². The summed E-state index contributed by atoms with van der Waals surface area (Å²) in [6.07, 6.45) is 40.9. The minimum atomic E-state index is -0.724. The molecule has 0 spiro atoms. The number of carboxylic acid groups (broad SMARTS) is 1. The maximum absolute atomic E-state index is 12.5. The smallest absolute Gasteiger partial charge is 0.306 e. The summed E-state index contributed by atoms with van der Waals surface area (Å²) in [5, 5.41) is 8.84. The number of esters is 1. The van der Waals surface area contributed by atoms with Gasteiger partial charge in [-0.1, -0.05) is 148 Å². The van der Waals surface area contributed by atoms with Gasteiger partial charge in [0.15, 0.2) is 0 Å². The number of rotatable bonds is 34. The number of aliphatic carboxylic acids is 1. The van der Waals surface area contributed by atoms with Crippen LogP contribution in [-0.4, -0.2) is 23.1 Å². The van der Waals surface area contributed by atoms with Gasteiger partial charge in [-0.25, -0.2) is 0 Å². The van der Waals surface area contributed by atoms with E-state index in [2.05, 4.69) is 26.0 Å². The van der Waals surface area contributed by atoms with E-state index >= 15 is 0 Å². The highest BCUT2D eigenvalue weighted by molar-refractivity contribution is 5.69. The third-order valence-corrected chi connectivity index (χ3v) is 8.49. The van der Waals surface area contributed by atoms with Gasteiger partial charge < -0.3 is 9.84 Å². The number of carbonyl (C=O) groups excluding carboxylic acids is 1. The summed E-state index contributed by atoms with van der Waals surface area (Å²) in [5.41, 5.74) is 0. The number of carbonyl (C=O) groups is 2. The molecule has 0 aliphatic heterocycles. The molecule has 0 amide bonds. The van der Waals surface area contributed by atoms with Gasteiger partial charge in [0.25, 0.3) is 0 Å². The maximum Gasteiger partial charge on any atom is 0.306 e. The molecule has 0 fully saturated rings. The summed E-state index contributed by atoms with van der Waals surface area (Å²) in [6, 6.07) is 0. The number of hydrogen-bond acceptors (Lipinski definition) is 3. The second-order valence-electron chi connectivity index (χ2n) is 12.8. The fourth-order valence-corrected chi connectivity index (χ4v) is 5.71. The summed E-state index contributed by atoms with van der Waals surface area (Å²) < 4.78 is 5.90. The molecule has 1 atom stereocenters. The highest BCUT2D eigenvalue weighted by atomic mass is 16.5. The minimum absolute atomic E-state index is 0.00813. The first-order valence-electron chi connectivity index (χ1n) is 18.7. The van der Waals surface area contributed by atoms with E-state index in [0.29, 0.717) is 12.8 Å². The summed E-state index contributed by atoms with van der Waals surface area (Å²) in [6.45, 7) is 4.52. The second kappa shape index (κ2) is 34.2. The van der Waals surface area contributed by atoms with E-state index in [9.17, 15) is 9.59 Å². The number of carboxylic acids is 1. The molecule has 0 aromatic rings. The molecule has 0 aromatic heterocycles. The second-order valence-corrected chi connectivity index (χ2v) is 12.8. The van der Waals surface area contributed by atoms with Gasteiger partial charge in [0.2, 0.25) is 0 Å². The quantitative estimate of drug-likeness (QED) is 0.0458. The Morgan fingerprint density at radius 1 is 0.500 bits per heavy atom. The van der Waals surface area contributed by atoms with Gasteiger partial charge >= 0.3 is 11.9 Å². The first kappa shape index (κ1) is 40.7. The summed E-state index contributed by atoms with van der Waals surface area (Å²) in [5.74, 6) is -0.757. The Bertz CT molecular complexity index is 600. The zero-order chi connectivity index (χ0) is 30.8. The third-order valence-electron chi connectivity index (χ3n) is 8.49. The van der Waals surface area contributed by atoms with Gasteiger partial charge in [0, 0.05) is 12.8 Å². The maximum atomic E-state index is 12.5. The van der Waals surface area contributed by atoms with Crippen molar-refractivity contribution < 1.29 is 19.4 Å². The first-order valence-corrected chi connectivity index (χ1v) is 18.7. The van der Waals surface area contributed by atoms with E-state index in [4.69, 9.17) is 9.84 Å². The average molecular weight is 593 g/mol. The van der Waals surface area contributed by atoms with Crippen LogP contribution in [0.5, 0.6) is 0 Å². The normalized spacial score (nSPS) is 12.2. The Balaban J connectivity index is 3.77. The van der Waals surface area contributed by atoms with Crippen molar-refractivity contribution in [3.05, 3.63) is 12.2 Å². The molecule has 0 rings (SSSR count). The number of ether oxygens (including phenoxy) is 1. The van der Waals surface area contributed by atoms with Crippen LogP contribution in [-0.2, 0) is 14.3 Å². The first-order chi connectivity index (χ1) is 20.6. The molecular weight excluding hydrogens is 520 g/mol. The molecule has 4 nitrogen and oxygen atoms in total. The molecule has 0 bridgehead atoms. The molecule has 248 valence electrons. The van der Waals surface area contributed by atoms with E-state index in [1.807, 2.05) is 0 Å². The van der Waals surface area contributed by atoms with Crippen molar-refractivity contribution >= 4 is 11.9 Å². The Hall–Kier alpha value is -1.32. The zero-order valence-electron chi connectivity index (χ0n) is 28.3. The molecule has 0 saturated carbocycles. The Morgan fingerprint density at radius 2 is 0.857 bits per heavy atom. The molecule has 1 unspecified atom stereocenters. The van der Waals surface area contributed by atoms with E-state index in [0.717, 1.165) is 44.9 Å². The van der Waals surface area contributed by atoms with Crippen LogP contribution >= 0.6 is 0 Å². The van der Waals surface area contributed by atoms with E-state index in [1.165, 1.54) is 135 Å². The number of unbranched alkanes of at least 4 members (excludes halogenated alkanes) is 23. The van der Waals surface area contributed by atoms with Crippen molar-refractivity contribution in [3.63, 3.8) is 0 Å². The Labute approximate surface area is 262 Å². The molecule has 4 heteroatoms. The molecule has 0 aliphatic carbocycles. The van der Waals surface area contributed by atoms with Crippen molar-refractivity contribution in [1.82, 2.24) is 0 Å². The van der Waals surface area contributed by atoms with Crippen LogP contribution in [0.4, 0.5) is 0 Å². The Kier molecular flexibility index (Phi) is 33.1. The predicted octanol–water partition coefficient (Wildman–Crippen LogP) is 12.7. The molecular formula is C38H72O4. The van der Waals surface area contributed by atoms with Crippen LogP contribution in [0, 0.1) is 0 Å². The lowest BCUT2D eigenvalue weighted by atomic mass is 10.0. The van der Waals surface area contributed by atoms with Gasteiger partial charge in [0.1, 0.15) is 6.10 Å². The molecule has 1 N–H and O–H groups in total. The van der Waals surface area contributed by atoms with Gasteiger partial charge in [-0.3, -0.25) is 9.59 Å². The average Bonchev–Trinajstić information content (AvgIpc) is 2.97. The standard InChI is InChI=1S/C38H72O4/c1-3-5-7-9-11-12-13-14-15-16-17-18-19-20-21-22-24-26-31-35-38(41)42-36(33-29-27-30-34-37(39)40)32-28-25-23-10-8-6-4-2/h14-15,36H,3-13,16-35H2,1-2H3,(H,39,40)/b15-14-. The molecule has 0 aliphatic rings. The fourth-order valence-electron chi connectivity index (χ4n) is 5.71. The molecule has 0 aromatic carbocycles. The van der Waals surface area contributed by atoms with Crippen LogP contribution in [0.25, 0.3) is 0 Å². The predicted molar refractivity (Wildman–Crippen MR) is 181 cm³/mol. The molecule has 42 heavy (non-hydrogen) atoms. The highest BCUT2D eigenvalue weighted by Crippen LogP contribution is 2.18. The lowest BCUT2D eigenvalue weighted by Gasteiger charge is -2.18. The van der Waals surface area contributed by atoms with E-state index < -0.39 is 5.97 Å².